The molecule has 0 saturated heterocycles. The Kier molecular flexibility index (Phi) is 16.7. The van der Waals surface area contributed by atoms with Gasteiger partial charge in [-0.25, -0.2) is 17.6 Å². The zero-order valence-corrected chi connectivity index (χ0v) is 26.8. The average molecular weight is 599 g/mol. The van der Waals surface area contributed by atoms with Crippen LogP contribution in [0.3, 0.4) is 0 Å². The minimum absolute atomic E-state index is 0.0246. The molecule has 0 aliphatic heterocycles. The topological polar surface area (TPSA) is 29.5 Å². The van der Waals surface area contributed by atoms with Gasteiger partial charge < -0.3 is 9.84 Å². The highest BCUT2D eigenvalue weighted by molar-refractivity contribution is 5.37. The molecule has 0 aromatic heterocycles. The number of hydrogen-bond donors (Lipinski definition) is 1. The summed E-state index contributed by atoms with van der Waals surface area (Å²) in [5, 5.41) is 10.8. The largest absolute Gasteiger partial charge is 0.393 e. The van der Waals surface area contributed by atoms with Crippen molar-refractivity contribution in [2.45, 2.75) is 149 Å². The molecule has 1 N–H and O–H groups in total. The zero-order chi connectivity index (χ0) is 31.2. The first-order valence-electron chi connectivity index (χ1n) is 16.8. The van der Waals surface area contributed by atoms with Gasteiger partial charge in [-0.2, -0.15) is 0 Å². The quantitative estimate of drug-likeness (QED) is 0.0736. The Balaban J connectivity index is 1.83. The number of aliphatic hydroxyl groups excluding tert-OH is 1. The van der Waals surface area contributed by atoms with Crippen LogP contribution in [-0.4, -0.2) is 36.3 Å². The highest BCUT2D eigenvalue weighted by atomic mass is 19.2. The van der Waals surface area contributed by atoms with Gasteiger partial charge in [-0.1, -0.05) is 58.8 Å². The van der Waals surface area contributed by atoms with Crippen molar-refractivity contribution in [2.24, 2.45) is 23.7 Å². The number of unbranched alkanes of at least 4 members (excludes halogenated alkanes) is 2. The molecule has 42 heavy (non-hydrogen) atoms. The summed E-state index contributed by atoms with van der Waals surface area (Å²) in [4.78, 5) is 0. The molecule has 2 aliphatic rings. The third kappa shape index (κ3) is 10.6. The van der Waals surface area contributed by atoms with Gasteiger partial charge in [0.2, 0.25) is 0 Å². The maximum atomic E-state index is 15.3. The summed E-state index contributed by atoms with van der Waals surface area (Å²) in [7, 11) is 0. The van der Waals surface area contributed by atoms with Gasteiger partial charge in [0.1, 0.15) is 0 Å². The molecule has 2 rings (SSSR count). The van der Waals surface area contributed by atoms with Gasteiger partial charge in [-0.05, 0) is 125 Å². The minimum Gasteiger partial charge on any atom is -0.393 e. The van der Waals surface area contributed by atoms with Gasteiger partial charge in [0.25, 0.3) is 0 Å². The minimum atomic E-state index is -1.77. The molecule has 0 aromatic rings. The fraction of sp³-hybridized carbons (Fsp3) is 0.778. The van der Waals surface area contributed by atoms with Gasteiger partial charge >= 0.3 is 0 Å². The van der Waals surface area contributed by atoms with Crippen LogP contribution in [-0.2, 0) is 4.74 Å². The van der Waals surface area contributed by atoms with E-state index in [0.717, 1.165) is 25.7 Å². The molecule has 0 aromatic carbocycles. The Hall–Kier alpha value is -1.40. The van der Waals surface area contributed by atoms with E-state index in [1.54, 1.807) is 26.8 Å². The highest BCUT2D eigenvalue weighted by Crippen LogP contribution is 2.41. The molecule has 4 atom stereocenters. The third-order valence-corrected chi connectivity index (χ3v) is 9.92. The molecule has 0 bridgehead atoms. The van der Waals surface area contributed by atoms with Crippen LogP contribution in [0.25, 0.3) is 0 Å². The van der Waals surface area contributed by atoms with Crippen LogP contribution in [0.15, 0.2) is 47.6 Å². The normalized spacial score (nSPS) is 27.1. The van der Waals surface area contributed by atoms with E-state index in [1.807, 2.05) is 0 Å². The summed E-state index contributed by atoms with van der Waals surface area (Å²) in [5.41, 5.74) is 0.803. The summed E-state index contributed by atoms with van der Waals surface area (Å²) in [6, 6.07) is 0. The fourth-order valence-electron chi connectivity index (χ4n) is 7.08. The van der Waals surface area contributed by atoms with Crippen LogP contribution in [0, 0.1) is 23.7 Å². The zero-order valence-electron chi connectivity index (χ0n) is 26.8. The van der Waals surface area contributed by atoms with E-state index in [9.17, 15) is 13.9 Å². The van der Waals surface area contributed by atoms with Crippen molar-refractivity contribution in [3.8, 4) is 0 Å². The molecule has 0 radical (unpaired) electrons. The van der Waals surface area contributed by atoms with Crippen molar-refractivity contribution in [1.82, 2.24) is 0 Å². The molecule has 6 heteroatoms. The molecule has 2 nitrogen and oxygen atoms in total. The second kappa shape index (κ2) is 19.1. The van der Waals surface area contributed by atoms with E-state index in [2.05, 4.69) is 20.1 Å². The van der Waals surface area contributed by atoms with Gasteiger partial charge in [0.05, 0.1) is 12.2 Å². The molecular formula is C36H58F4O2. The van der Waals surface area contributed by atoms with Crippen molar-refractivity contribution in [2.75, 3.05) is 6.61 Å². The lowest BCUT2D eigenvalue weighted by molar-refractivity contribution is -0.0228. The second-order valence-corrected chi connectivity index (χ2v) is 12.7. The first kappa shape index (κ1) is 36.8. The molecule has 2 saturated carbocycles. The lowest BCUT2D eigenvalue weighted by Gasteiger charge is -2.34. The fourth-order valence-corrected chi connectivity index (χ4v) is 7.08. The van der Waals surface area contributed by atoms with Gasteiger partial charge in [0.15, 0.2) is 24.0 Å². The third-order valence-electron chi connectivity index (χ3n) is 9.92. The lowest BCUT2D eigenvalue weighted by atomic mass is 9.74. The summed E-state index contributed by atoms with van der Waals surface area (Å²) in [5.74, 6) is -1.13. The number of ether oxygens (including phenoxy) is 1. The average Bonchev–Trinajstić information content (AvgIpc) is 3.02. The monoisotopic (exact) mass is 598 g/mol. The van der Waals surface area contributed by atoms with Crippen molar-refractivity contribution in [3.05, 3.63) is 47.6 Å². The summed E-state index contributed by atoms with van der Waals surface area (Å²) in [6.45, 7) is 15.5. The van der Waals surface area contributed by atoms with Gasteiger partial charge in [0, 0.05) is 6.61 Å². The van der Waals surface area contributed by atoms with E-state index in [1.165, 1.54) is 25.7 Å². The number of hydrogen-bond acceptors (Lipinski definition) is 2. The number of alkyl halides is 2. The molecule has 2 fully saturated rings. The van der Waals surface area contributed by atoms with E-state index < -0.39 is 36.2 Å². The van der Waals surface area contributed by atoms with Crippen molar-refractivity contribution in [3.63, 3.8) is 0 Å². The predicted molar refractivity (Wildman–Crippen MR) is 167 cm³/mol. The van der Waals surface area contributed by atoms with Crippen LogP contribution in [0.1, 0.15) is 124 Å². The Morgan fingerprint density at radius 2 is 1.52 bits per heavy atom. The number of allylic oxidation sites excluding steroid dienone is 6. The molecule has 2 aliphatic carbocycles. The SMILES string of the molecule is C=C(CC[C@H](O)C1CCC(C(=C)C(F)C(F)[C@H](CC)OCC)CC1)/C(F)=C(F)\C(=C/C)C1CCC(CCCCC)CC1. The Labute approximate surface area is 253 Å². The predicted octanol–water partition coefficient (Wildman–Crippen LogP) is 11.0. The van der Waals surface area contributed by atoms with Crippen molar-refractivity contribution in [1.29, 1.82) is 0 Å². The van der Waals surface area contributed by atoms with Crippen LogP contribution in [0.5, 0.6) is 0 Å². The Morgan fingerprint density at radius 1 is 0.905 bits per heavy atom. The van der Waals surface area contributed by atoms with Crippen LogP contribution in [0.4, 0.5) is 17.6 Å². The molecular weight excluding hydrogens is 540 g/mol. The maximum Gasteiger partial charge on any atom is 0.162 e. The van der Waals surface area contributed by atoms with Crippen molar-refractivity contribution < 1.29 is 27.4 Å². The van der Waals surface area contributed by atoms with Gasteiger partial charge in [-0.15, -0.1) is 0 Å². The summed E-state index contributed by atoms with van der Waals surface area (Å²) in [6.07, 6.45) is 8.96. The Bertz CT molecular complexity index is 881. The number of rotatable bonds is 18. The Morgan fingerprint density at radius 3 is 2.07 bits per heavy atom. The van der Waals surface area contributed by atoms with E-state index in [-0.39, 0.29) is 41.7 Å². The maximum absolute atomic E-state index is 15.3. The standard InChI is InChI=1S/C36H58F4O2/c1-7-11-12-13-26-15-17-28(18-16-26)30(8-2)35(39)33(37)24(5)14-23-31(41)29-21-19-27(20-22-29)25(6)34(38)36(40)32(9-3)42-10-4/h8,26-29,31-32,34,36,41H,5-7,9-23H2,1-4H3/b30-8-,35-33-/t26?,27?,28?,29?,31-,32-,34?,36?/m0/s1. The second-order valence-electron chi connectivity index (χ2n) is 12.7. The summed E-state index contributed by atoms with van der Waals surface area (Å²) >= 11 is 0. The van der Waals surface area contributed by atoms with Crippen LogP contribution < -0.4 is 0 Å². The molecule has 0 spiro atoms. The lowest BCUT2D eigenvalue weighted by Crippen LogP contribution is -2.36. The summed E-state index contributed by atoms with van der Waals surface area (Å²) < 4.78 is 65.5. The smallest absolute Gasteiger partial charge is 0.162 e. The van der Waals surface area contributed by atoms with E-state index in [4.69, 9.17) is 4.74 Å². The van der Waals surface area contributed by atoms with Crippen LogP contribution >= 0.6 is 0 Å². The first-order valence-corrected chi connectivity index (χ1v) is 16.8. The number of aliphatic hydroxyl groups is 1. The molecule has 2 unspecified atom stereocenters. The van der Waals surface area contributed by atoms with E-state index in [0.29, 0.717) is 50.2 Å². The van der Waals surface area contributed by atoms with E-state index >= 15 is 8.78 Å². The molecule has 242 valence electrons. The molecule has 0 heterocycles. The number of halogens is 4. The first-order chi connectivity index (χ1) is 20.1. The van der Waals surface area contributed by atoms with Gasteiger partial charge in [-0.3, -0.25) is 0 Å². The van der Waals surface area contributed by atoms with Crippen molar-refractivity contribution >= 4 is 0 Å². The highest BCUT2D eigenvalue weighted by Gasteiger charge is 2.36. The van der Waals surface area contributed by atoms with Crippen LogP contribution in [0.2, 0.25) is 0 Å². The molecule has 0 amide bonds.